The molecule has 19 heavy (non-hydrogen) atoms. The summed E-state index contributed by atoms with van der Waals surface area (Å²) in [6.07, 6.45) is -4.29. The van der Waals surface area contributed by atoms with Gasteiger partial charge in [0.25, 0.3) is 0 Å². The maximum absolute atomic E-state index is 12.5. The Bertz CT molecular complexity index is 457. The van der Waals surface area contributed by atoms with Gasteiger partial charge >= 0.3 is 6.18 Å². The summed E-state index contributed by atoms with van der Waals surface area (Å²) in [7, 11) is 0. The fourth-order valence-corrected chi connectivity index (χ4v) is 3.23. The lowest BCUT2D eigenvalue weighted by molar-refractivity contribution is -0.137. The van der Waals surface area contributed by atoms with Gasteiger partial charge in [-0.1, -0.05) is 39.8 Å². The van der Waals surface area contributed by atoms with Crippen molar-refractivity contribution in [3.05, 3.63) is 35.4 Å². The van der Waals surface area contributed by atoms with Crippen LogP contribution < -0.4 is 5.73 Å². The predicted molar refractivity (Wildman–Crippen MR) is 69.4 cm³/mol. The second-order valence-electron chi connectivity index (χ2n) is 6.57. The first kappa shape index (κ1) is 14.4. The van der Waals surface area contributed by atoms with Crippen LogP contribution in [0.1, 0.15) is 44.9 Å². The molecule has 1 aliphatic rings. The molecule has 2 N–H and O–H groups in total. The number of nitrogens with two attached hydrogens (primary N) is 1. The summed E-state index contributed by atoms with van der Waals surface area (Å²) >= 11 is 0. The molecule has 0 bridgehead atoms. The zero-order valence-electron chi connectivity index (χ0n) is 11.7. The third-order valence-corrected chi connectivity index (χ3v) is 5.11. The van der Waals surface area contributed by atoms with Crippen LogP contribution in [0.5, 0.6) is 0 Å². The molecule has 0 aromatic heterocycles. The minimum Gasteiger partial charge on any atom is -0.324 e. The van der Waals surface area contributed by atoms with Crippen LogP contribution in [0.3, 0.4) is 0 Å². The lowest BCUT2D eigenvalue weighted by atomic mass is 9.96. The van der Waals surface area contributed by atoms with Crippen LogP contribution in [-0.4, -0.2) is 0 Å². The summed E-state index contributed by atoms with van der Waals surface area (Å²) in [5.74, 6) is 0.289. The summed E-state index contributed by atoms with van der Waals surface area (Å²) in [6, 6.07) is 5.00. The second kappa shape index (κ2) is 3.98. The Labute approximate surface area is 112 Å². The molecule has 0 saturated heterocycles. The molecule has 1 unspecified atom stereocenters. The van der Waals surface area contributed by atoms with E-state index in [1.807, 2.05) is 0 Å². The molecule has 1 saturated carbocycles. The quantitative estimate of drug-likeness (QED) is 0.848. The van der Waals surface area contributed by atoms with Crippen molar-refractivity contribution in [1.29, 1.82) is 0 Å². The summed E-state index contributed by atoms with van der Waals surface area (Å²) in [5.41, 5.74) is 6.62. The SMILES string of the molecule is CC1(C)C(C(N)c2ccc(C(F)(F)F)cc2)C1(C)C. The number of hydrogen-bond donors (Lipinski definition) is 1. The molecular formula is C15H20F3N. The van der Waals surface area contributed by atoms with Gasteiger partial charge in [0.15, 0.2) is 0 Å². The van der Waals surface area contributed by atoms with Gasteiger partial charge in [0, 0.05) is 6.04 Å². The van der Waals surface area contributed by atoms with Crippen molar-refractivity contribution < 1.29 is 13.2 Å². The van der Waals surface area contributed by atoms with Gasteiger partial charge in [-0.25, -0.2) is 0 Å². The maximum Gasteiger partial charge on any atom is 0.416 e. The highest BCUT2D eigenvalue weighted by Crippen LogP contribution is 2.71. The largest absolute Gasteiger partial charge is 0.416 e. The smallest absolute Gasteiger partial charge is 0.324 e. The topological polar surface area (TPSA) is 26.0 Å². The van der Waals surface area contributed by atoms with Crippen molar-refractivity contribution in [3.8, 4) is 0 Å². The predicted octanol–water partition coefficient (Wildman–Crippen LogP) is 4.39. The highest BCUT2D eigenvalue weighted by Gasteiger charge is 2.66. The zero-order valence-corrected chi connectivity index (χ0v) is 11.7. The fraction of sp³-hybridized carbons (Fsp3) is 0.600. The van der Waals surface area contributed by atoms with E-state index in [-0.39, 0.29) is 22.8 Å². The van der Waals surface area contributed by atoms with Crippen LogP contribution in [0, 0.1) is 16.7 Å². The van der Waals surface area contributed by atoms with Gasteiger partial charge in [-0.15, -0.1) is 0 Å². The van der Waals surface area contributed by atoms with Crippen LogP contribution in [0.2, 0.25) is 0 Å². The summed E-state index contributed by atoms with van der Waals surface area (Å²) < 4.78 is 37.5. The molecule has 0 aliphatic heterocycles. The molecule has 1 aromatic rings. The Morgan fingerprint density at radius 2 is 1.42 bits per heavy atom. The Hall–Kier alpha value is -1.03. The average Bonchev–Trinajstić information content (AvgIpc) is 2.67. The molecule has 1 fully saturated rings. The number of halogens is 3. The lowest BCUT2D eigenvalue weighted by Gasteiger charge is -2.15. The zero-order chi connectivity index (χ0) is 14.6. The Morgan fingerprint density at radius 1 is 1.00 bits per heavy atom. The van der Waals surface area contributed by atoms with Crippen LogP contribution in [0.4, 0.5) is 13.2 Å². The molecule has 0 heterocycles. The van der Waals surface area contributed by atoms with Crippen LogP contribution >= 0.6 is 0 Å². The molecule has 0 spiro atoms. The Morgan fingerprint density at radius 3 is 1.74 bits per heavy atom. The molecule has 106 valence electrons. The van der Waals surface area contributed by atoms with E-state index in [9.17, 15) is 13.2 Å². The first-order valence-corrected chi connectivity index (χ1v) is 6.42. The monoisotopic (exact) mass is 271 g/mol. The van der Waals surface area contributed by atoms with Crippen molar-refractivity contribution in [1.82, 2.24) is 0 Å². The van der Waals surface area contributed by atoms with Gasteiger partial charge in [0.1, 0.15) is 0 Å². The van der Waals surface area contributed by atoms with Crippen LogP contribution in [-0.2, 0) is 6.18 Å². The fourth-order valence-electron chi connectivity index (χ4n) is 3.23. The van der Waals surface area contributed by atoms with E-state index in [1.165, 1.54) is 12.1 Å². The second-order valence-corrected chi connectivity index (χ2v) is 6.57. The van der Waals surface area contributed by atoms with Gasteiger partial charge in [-0.2, -0.15) is 13.2 Å². The van der Waals surface area contributed by atoms with Gasteiger partial charge in [-0.05, 0) is 34.4 Å². The van der Waals surface area contributed by atoms with Crippen molar-refractivity contribution in [2.75, 3.05) is 0 Å². The van der Waals surface area contributed by atoms with Crippen molar-refractivity contribution >= 4 is 0 Å². The van der Waals surface area contributed by atoms with Gasteiger partial charge in [0.05, 0.1) is 5.56 Å². The number of rotatable bonds is 2. The molecule has 4 heteroatoms. The third-order valence-electron chi connectivity index (χ3n) is 5.11. The number of hydrogen-bond acceptors (Lipinski definition) is 1. The number of alkyl halides is 3. The van der Waals surface area contributed by atoms with Crippen LogP contribution in [0.25, 0.3) is 0 Å². The molecule has 1 atom stereocenters. The van der Waals surface area contributed by atoms with E-state index in [4.69, 9.17) is 5.73 Å². The van der Waals surface area contributed by atoms with E-state index in [2.05, 4.69) is 27.7 Å². The van der Waals surface area contributed by atoms with Gasteiger partial charge in [-0.3, -0.25) is 0 Å². The molecule has 1 aromatic carbocycles. The Kier molecular flexibility index (Phi) is 3.01. The summed E-state index contributed by atoms with van der Waals surface area (Å²) in [6.45, 7) is 8.62. The van der Waals surface area contributed by atoms with E-state index in [1.54, 1.807) is 0 Å². The highest BCUT2D eigenvalue weighted by molar-refractivity contribution is 5.30. The standard InChI is InChI=1S/C15H20F3N/c1-13(2)12(14(13,3)4)11(19)9-5-7-10(8-6-9)15(16,17)18/h5-8,11-12H,19H2,1-4H3. The summed E-state index contributed by atoms with van der Waals surface area (Å²) in [4.78, 5) is 0. The minimum atomic E-state index is -4.29. The summed E-state index contributed by atoms with van der Waals surface area (Å²) in [5, 5.41) is 0. The van der Waals surface area contributed by atoms with Crippen molar-refractivity contribution in [3.63, 3.8) is 0 Å². The molecule has 0 amide bonds. The molecular weight excluding hydrogens is 251 g/mol. The average molecular weight is 271 g/mol. The molecule has 2 rings (SSSR count). The van der Waals surface area contributed by atoms with E-state index in [0.29, 0.717) is 0 Å². The van der Waals surface area contributed by atoms with Gasteiger partial charge in [0.2, 0.25) is 0 Å². The minimum absolute atomic E-state index is 0.120. The molecule has 0 radical (unpaired) electrons. The first-order chi connectivity index (χ1) is 8.49. The molecule has 1 nitrogen and oxygen atoms in total. The normalized spacial score (nSPS) is 23.2. The molecule has 1 aliphatic carbocycles. The van der Waals surface area contributed by atoms with Gasteiger partial charge < -0.3 is 5.73 Å². The lowest BCUT2D eigenvalue weighted by Crippen LogP contribution is -2.17. The van der Waals surface area contributed by atoms with E-state index < -0.39 is 11.7 Å². The van der Waals surface area contributed by atoms with Crippen molar-refractivity contribution in [2.45, 2.75) is 39.9 Å². The van der Waals surface area contributed by atoms with Crippen LogP contribution in [0.15, 0.2) is 24.3 Å². The third kappa shape index (κ3) is 2.16. The maximum atomic E-state index is 12.5. The van der Waals surface area contributed by atoms with Crippen molar-refractivity contribution in [2.24, 2.45) is 22.5 Å². The Balaban J connectivity index is 2.21. The number of benzene rings is 1. The first-order valence-electron chi connectivity index (χ1n) is 6.42. The highest BCUT2D eigenvalue weighted by atomic mass is 19.4. The van der Waals surface area contributed by atoms with E-state index >= 15 is 0 Å². The van der Waals surface area contributed by atoms with E-state index in [0.717, 1.165) is 17.7 Å².